The summed E-state index contributed by atoms with van der Waals surface area (Å²) in [6.45, 7) is 4.97. The Morgan fingerprint density at radius 2 is 1.93 bits per heavy atom. The Morgan fingerprint density at radius 3 is 2.62 bits per heavy atom. The third kappa shape index (κ3) is 7.18. The number of halogens is 2. The van der Waals surface area contributed by atoms with Crippen molar-refractivity contribution in [3.63, 3.8) is 0 Å². The molecule has 0 amide bonds. The predicted molar refractivity (Wildman–Crippen MR) is 121 cm³/mol. The molecule has 0 radical (unpaired) electrons. The van der Waals surface area contributed by atoms with Crippen LogP contribution in [0.15, 0.2) is 58.1 Å². The molecule has 0 spiro atoms. The van der Waals surface area contributed by atoms with Gasteiger partial charge in [-0.05, 0) is 58.1 Å². The number of aromatic nitrogens is 3. The largest absolute Gasteiger partial charge is 0.475 e. The highest BCUT2D eigenvalue weighted by molar-refractivity contribution is 9.10. The minimum Gasteiger partial charge on any atom is -0.475 e. The number of hydrogen-bond acceptors (Lipinski definition) is 5. The zero-order chi connectivity index (χ0) is 21.1. The highest BCUT2D eigenvalue weighted by Crippen LogP contribution is 2.27. The molecule has 2 N–H and O–H groups in total. The molecule has 0 aliphatic carbocycles. The van der Waals surface area contributed by atoms with E-state index in [4.69, 9.17) is 16.3 Å². The third-order valence-electron chi connectivity index (χ3n) is 3.85. The highest BCUT2D eigenvalue weighted by atomic mass is 79.9. The van der Waals surface area contributed by atoms with E-state index in [2.05, 4.69) is 36.4 Å². The van der Waals surface area contributed by atoms with Crippen molar-refractivity contribution in [2.24, 2.45) is 0 Å². The van der Waals surface area contributed by atoms with E-state index in [9.17, 15) is 4.79 Å². The number of ether oxygens (including phenoxy) is 1. The lowest BCUT2D eigenvalue weighted by atomic mass is 10.1. The first-order valence-electron chi connectivity index (χ1n) is 9.41. The molecule has 29 heavy (non-hydrogen) atoms. The van der Waals surface area contributed by atoms with Gasteiger partial charge < -0.3 is 10.1 Å². The van der Waals surface area contributed by atoms with Crippen LogP contribution in [0.4, 0.5) is 5.69 Å². The Hall–Kier alpha value is -2.38. The second-order valence-corrected chi connectivity index (χ2v) is 7.07. The fourth-order valence-corrected chi connectivity index (χ4v) is 2.99. The molecule has 154 valence electrons. The van der Waals surface area contributed by atoms with Crippen LogP contribution < -0.4 is 15.6 Å². The normalized spacial score (nSPS) is 10.1. The Kier molecular flexibility index (Phi) is 9.67. The molecule has 0 saturated heterocycles. The number of hydrogen-bond donors (Lipinski definition) is 2. The van der Waals surface area contributed by atoms with Gasteiger partial charge in [-0.2, -0.15) is 0 Å². The van der Waals surface area contributed by atoms with E-state index in [0.29, 0.717) is 29.2 Å². The molecule has 3 rings (SSSR count). The lowest BCUT2D eigenvalue weighted by Gasteiger charge is -2.13. The molecule has 0 atom stereocenters. The van der Waals surface area contributed by atoms with Gasteiger partial charge in [0.1, 0.15) is 10.2 Å². The summed E-state index contributed by atoms with van der Waals surface area (Å²) < 4.78 is 6.15. The summed E-state index contributed by atoms with van der Waals surface area (Å²) >= 11 is 9.20. The number of rotatable bonds is 8. The first-order chi connectivity index (χ1) is 14.1. The maximum absolute atomic E-state index is 11.9. The van der Waals surface area contributed by atoms with Gasteiger partial charge in [-0.15, -0.1) is 5.10 Å². The van der Waals surface area contributed by atoms with E-state index in [-0.39, 0.29) is 5.56 Å². The Morgan fingerprint density at radius 1 is 1.17 bits per heavy atom. The minimum atomic E-state index is -0.322. The maximum atomic E-state index is 11.9. The van der Waals surface area contributed by atoms with Gasteiger partial charge in [-0.3, -0.25) is 9.78 Å². The number of benzene rings is 1. The van der Waals surface area contributed by atoms with Gasteiger partial charge in [0.25, 0.3) is 11.4 Å². The van der Waals surface area contributed by atoms with Crippen molar-refractivity contribution < 1.29 is 4.74 Å². The lowest BCUT2D eigenvalue weighted by Crippen LogP contribution is -2.15. The zero-order valence-electron chi connectivity index (χ0n) is 16.4. The van der Waals surface area contributed by atoms with Crippen LogP contribution in [0.25, 0.3) is 0 Å². The van der Waals surface area contributed by atoms with E-state index in [1.165, 1.54) is 5.56 Å². The van der Waals surface area contributed by atoms with Crippen molar-refractivity contribution in [1.29, 1.82) is 0 Å². The molecule has 0 aliphatic rings. The van der Waals surface area contributed by atoms with Crippen molar-refractivity contribution in [1.82, 2.24) is 15.2 Å². The van der Waals surface area contributed by atoms with Crippen LogP contribution in [0.1, 0.15) is 31.4 Å². The number of H-pyrrole nitrogens is 1. The van der Waals surface area contributed by atoms with Crippen LogP contribution in [0, 0.1) is 0 Å². The number of nitrogens with zero attached hydrogens (tertiary/aromatic N) is 2. The van der Waals surface area contributed by atoms with Crippen molar-refractivity contribution in [2.45, 2.75) is 33.2 Å². The van der Waals surface area contributed by atoms with Crippen LogP contribution in [0.3, 0.4) is 0 Å². The number of nitrogens with one attached hydrogen (secondary N) is 2. The number of aromatic amines is 1. The van der Waals surface area contributed by atoms with Gasteiger partial charge >= 0.3 is 0 Å². The molecule has 2 aromatic heterocycles. The fraction of sp³-hybridized carbons (Fsp3) is 0.286. The van der Waals surface area contributed by atoms with Crippen molar-refractivity contribution >= 4 is 33.2 Å². The summed E-state index contributed by atoms with van der Waals surface area (Å²) in [6.07, 6.45) is 5.14. The quantitative estimate of drug-likeness (QED) is 0.432. The van der Waals surface area contributed by atoms with E-state index in [0.717, 1.165) is 23.4 Å². The van der Waals surface area contributed by atoms with Crippen molar-refractivity contribution in [3.05, 3.63) is 79.8 Å². The summed E-state index contributed by atoms with van der Waals surface area (Å²) in [6, 6.07) is 11.5. The molecule has 0 unspecified atom stereocenters. The number of aryl methyl sites for hydroxylation is 1. The molecule has 3 aromatic rings. The minimum absolute atomic E-state index is 0.322. The molecule has 2 heterocycles. The molecule has 0 fully saturated rings. The van der Waals surface area contributed by atoms with Crippen molar-refractivity contribution in [2.75, 3.05) is 11.9 Å². The molecular formula is C21H24BrClN4O2. The van der Waals surface area contributed by atoms with E-state index in [1.54, 1.807) is 12.4 Å². The van der Waals surface area contributed by atoms with Crippen LogP contribution in [0.5, 0.6) is 5.88 Å². The number of pyridine rings is 1. The monoisotopic (exact) mass is 478 g/mol. The smallest absolute Gasteiger partial charge is 0.280 e. The van der Waals surface area contributed by atoms with Gasteiger partial charge in [0.15, 0.2) is 0 Å². The van der Waals surface area contributed by atoms with Crippen LogP contribution in [-0.2, 0) is 13.0 Å². The van der Waals surface area contributed by atoms with Gasteiger partial charge in [-0.1, -0.05) is 43.6 Å². The van der Waals surface area contributed by atoms with Crippen LogP contribution in [0.2, 0.25) is 5.02 Å². The topological polar surface area (TPSA) is 79.9 Å². The standard InChI is InChI=1S/C19H18BrClN4O2.C2H6/c20-16-17(23-12-14-3-1-9-22-11-14)19(25-24-18(16)26)27-10-2-4-13-5-7-15(21)8-6-13;1-2/h1,3,5-9,11H,2,4,10,12H2,(H2,23,24,26);1-2H3. The van der Waals surface area contributed by atoms with Gasteiger partial charge in [0.05, 0.1) is 6.61 Å². The first-order valence-corrected chi connectivity index (χ1v) is 10.6. The maximum Gasteiger partial charge on any atom is 0.280 e. The molecule has 0 saturated carbocycles. The van der Waals surface area contributed by atoms with E-state index in [1.807, 2.05) is 50.2 Å². The summed E-state index contributed by atoms with van der Waals surface area (Å²) in [5.41, 5.74) is 2.37. The Balaban J connectivity index is 0.00000145. The molecule has 1 aromatic carbocycles. The lowest BCUT2D eigenvalue weighted by molar-refractivity contribution is 0.296. The SMILES string of the molecule is CC.O=c1[nH]nc(OCCCc2ccc(Cl)cc2)c(NCc2cccnc2)c1Br. The average Bonchev–Trinajstić information content (AvgIpc) is 2.76. The van der Waals surface area contributed by atoms with Gasteiger partial charge in [-0.25, -0.2) is 5.10 Å². The third-order valence-corrected chi connectivity index (χ3v) is 4.85. The molecule has 8 heteroatoms. The van der Waals surface area contributed by atoms with Crippen molar-refractivity contribution in [3.8, 4) is 5.88 Å². The number of anilines is 1. The average molecular weight is 480 g/mol. The first kappa shape index (κ1) is 22.9. The van der Waals surface area contributed by atoms with Crippen LogP contribution in [-0.4, -0.2) is 21.8 Å². The molecule has 0 aliphatic heterocycles. The summed E-state index contributed by atoms with van der Waals surface area (Å²) in [5.74, 6) is 0.349. The van der Waals surface area contributed by atoms with Gasteiger partial charge in [0.2, 0.25) is 0 Å². The Labute approximate surface area is 183 Å². The second-order valence-electron chi connectivity index (χ2n) is 5.84. The fourth-order valence-electron chi connectivity index (χ4n) is 2.46. The van der Waals surface area contributed by atoms with E-state index >= 15 is 0 Å². The molecule has 6 nitrogen and oxygen atoms in total. The van der Waals surface area contributed by atoms with E-state index < -0.39 is 0 Å². The summed E-state index contributed by atoms with van der Waals surface area (Å²) in [4.78, 5) is 15.9. The second kappa shape index (κ2) is 12.2. The molecule has 0 bridgehead atoms. The highest BCUT2D eigenvalue weighted by Gasteiger charge is 2.13. The Bertz CT molecular complexity index is 934. The summed E-state index contributed by atoms with van der Waals surface area (Å²) in [5, 5.41) is 10.4. The molecular weight excluding hydrogens is 456 g/mol. The van der Waals surface area contributed by atoms with Crippen LogP contribution >= 0.6 is 27.5 Å². The predicted octanol–water partition coefficient (Wildman–Crippen LogP) is 5.23. The zero-order valence-corrected chi connectivity index (χ0v) is 18.8. The summed E-state index contributed by atoms with van der Waals surface area (Å²) in [7, 11) is 0. The van der Waals surface area contributed by atoms with Gasteiger partial charge in [0, 0.05) is 24.0 Å².